The van der Waals surface area contributed by atoms with Gasteiger partial charge in [-0.05, 0) is 13.0 Å². The number of aliphatic hydroxyl groups is 3. The van der Waals surface area contributed by atoms with Gasteiger partial charge in [0, 0.05) is 13.7 Å². The maximum Gasteiger partial charge on any atom is 0.0894 e. The third-order valence-electron chi connectivity index (χ3n) is 1.60. The second kappa shape index (κ2) is 8.40. The number of ether oxygens (including phenoxy) is 1. The lowest BCUT2D eigenvalue weighted by Crippen LogP contribution is -2.31. The van der Waals surface area contributed by atoms with Crippen LogP contribution in [-0.4, -0.2) is 60.9 Å². The summed E-state index contributed by atoms with van der Waals surface area (Å²) in [7, 11) is 1.53. The van der Waals surface area contributed by atoms with E-state index in [2.05, 4.69) is 5.32 Å². The molecule has 0 spiro atoms. The van der Waals surface area contributed by atoms with Gasteiger partial charge in [0.25, 0.3) is 0 Å². The zero-order valence-electron chi connectivity index (χ0n) is 7.94. The van der Waals surface area contributed by atoms with E-state index in [9.17, 15) is 5.11 Å². The smallest absolute Gasteiger partial charge is 0.0894 e. The molecule has 0 aliphatic heterocycles. The average Bonchev–Trinajstić information content (AvgIpc) is 2.12. The van der Waals surface area contributed by atoms with Crippen LogP contribution in [0.25, 0.3) is 0 Å². The van der Waals surface area contributed by atoms with Gasteiger partial charge in [0.05, 0.1) is 25.4 Å². The van der Waals surface area contributed by atoms with Crippen molar-refractivity contribution in [2.45, 2.75) is 18.6 Å². The monoisotopic (exact) mass is 193 g/mol. The van der Waals surface area contributed by atoms with E-state index in [4.69, 9.17) is 14.9 Å². The van der Waals surface area contributed by atoms with Crippen molar-refractivity contribution in [1.82, 2.24) is 5.32 Å². The van der Waals surface area contributed by atoms with Crippen molar-refractivity contribution >= 4 is 0 Å². The van der Waals surface area contributed by atoms with E-state index in [-0.39, 0.29) is 6.61 Å². The van der Waals surface area contributed by atoms with Gasteiger partial charge in [-0.15, -0.1) is 0 Å². The number of methoxy groups -OCH3 is 1. The van der Waals surface area contributed by atoms with Crippen molar-refractivity contribution in [3.8, 4) is 0 Å². The van der Waals surface area contributed by atoms with E-state index in [1.54, 1.807) is 0 Å². The molecule has 0 saturated heterocycles. The van der Waals surface area contributed by atoms with Crippen molar-refractivity contribution in [2.24, 2.45) is 0 Å². The van der Waals surface area contributed by atoms with Crippen molar-refractivity contribution in [2.75, 3.05) is 33.4 Å². The largest absolute Gasteiger partial charge is 0.394 e. The third-order valence-corrected chi connectivity index (χ3v) is 1.60. The van der Waals surface area contributed by atoms with Gasteiger partial charge in [0.2, 0.25) is 0 Å². The molecule has 0 aliphatic rings. The lowest BCUT2D eigenvalue weighted by molar-refractivity contribution is 0.0572. The van der Waals surface area contributed by atoms with Crippen LogP contribution in [0.15, 0.2) is 0 Å². The molecule has 80 valence electrons. The minimum atomic E-state index is -0.723. The van der Waals surface area contributed by atoms with Crippen LogP contribution in [0.5, 0.6) is 0 Å². The molecule has 0 aromatic carbocycles. The lowest BCUT2D eigenvalue weighted by Gasteiger charge is -2.11. The van der Waals surface area contributed by atoms with E-state index < -0.39 is 12.2 Å². The second-order valence-corrected chi connectivity index (χ2v) is 2.94. The van der Waals surface area contributed by atoms with E-state index >= 15 is 0 Å². The van der Waals surface area contributed by atoms with E-state index in [1.165, 1.54) is 7.11 Å². The molecule has 13 heavy (non-hydrogen) atoms. The molecular weight excluding hydrogens is 174 g/mol. The summed E-state index contributed by atoms with van der Waals surface area (Å²) in [4.78, 5) is 0. The summed E-state index contributed by atoms with van der Waals surface area (Å²) in [6, 6.07) is 0. The van der Waals surface area contributed by atoms with Crippen LogP contribution < -0.4 is 5.32 Å². The number of nitrogens with one attached hydrogen (secondary N) is 1. The molecule has 0 amide bonds. The first-order chi connectivity index (χ1) is 6.20. The summed E-state index contributed by atoms with van der Waals surface area (Å²) in [6.45, 7) is 1.02. The predicted octanol–water partition coefficient (Wildman–Crippen LogP) is -1.67. The summed E-state index contributed by atoms with van der Waals surface area (Å²) in [5.74, 6) is 0. The molecule has 0 heterocycles. The molecule has 5 nitrogen and oxygen atoms in total. The highest BCUT2D eigenvalue weighted by molar-refractivity contribution is 4.60. The van der Waals surface area contributed by atoms with Crippen molar-refractivity contribution in [3.05, 3.63) is 0 Å². The van der Waals surface area contributed by atoms with Crippen LogP contribution in [0, 0.1) is 0 Å². The zero-order valence-corrected chi connectivity index (χ0v) is 7.94. The van der Waals surface area contributed by atoms with Crippen LogP contribution in [0.2, 0.25) is 0 Å². The zero-order chi connectivity index (χ0) is 10.1. The van der Waals surface area contributed by atoms with Crippen LogP contribution in [0.3, 0.4) is 0 Å². The molecule has 0 rings (SSSR count). The molecule has 0 aromatic heterocycles. The standard InChI is InChI=1S/C8H19NO4/c1-13-6-7(11)2-3-9-4-8(12)5-10/h7-12H,2-6H2,1H3. The maximum absolute atomic E-state index is 9.19. The molecular formula is C8H19NO4. The van der Waals surface area contributed by atoms with Crippen LogP contribution in [0.4, 0.5) is 0 Å². The fourth-order valence-corrected chi connectivity index (χ4v) is 0.878. The molecule has 0 bridgehead atoms. The Labute approximate surface area is 78.3 Å². The van der Waals surface area contributed by atoms with Gasteiger partial charge in [-0.2, -0.15) is 0 Å². The van der Waals surface area contributed by atoms with Crippen LogP contribution in [0.1, 0.15) is 6.42 Å². The highest BCUT2D eigenvalue weighted by Crippen LogP contribution is 1.89. The SMILES string of the molecule is COCC(O)CCNCC(O)CO. The molecule has 2 atom stereocenters. The number of rotatable bonds is 8. The molecule has 4 N–H and O–H groups in total. The molecule has 0 radical (unpaired) electrons. The fraction of sp³-hybridized carbons (Fsp3) is 1.00. The summed E-state index contributed by atoms with van der Waals surface area (Å²) in [6.07, 6.45) is -0.616. The number of hydrogen-bond acceptors (Lipinski definition) is 5. The maximum atomic E-state index is 9.19. The second-order valence-electron chi connectivity index (χ2n) is 2.94. The van der Waals surface area contributed by atoms with Crippen molar-refractivity contribution < 1.29 is 20.1 Å². The van der Waals surface area contributed by atoms with E-state index in [1.807, 2.05) is 0 Å². The normalized spacial score (nSPS) is 15.7. The molecule has 0 fully saturated rings. The van der Waals surface area contributed by atoms with Crippen LogP contribution >= 0.6 is 0 Å². The number of hydrogen-bond donors (Lipinski definition) is 4. The Morgan fingerprint density at radius 3 is 2.54 bits per heavy atom. The Balaban J connectivity index is 3.15. The Kier molecular flexibility index (Phi) is 8.27. The highest BCUT2D eigenvalue weighted by atomic mass is 16.5. The summed E-state index contributed by atoms with van der Waals surface area (Å²) >= 11 is 0. The molecule has 5 heteroatoms. The average molecular weight is 193 g/mol. The fourth-order valence-electron chi connectivity index (χ4n) is 0.878. The minimum absolute atomic E-state index is 0.242. The predicted molar refractivity (Wildman–Crippen MR) is 48.5 cm³/mol. The van der Waals surface area contributed by atoms with Gasteiger partial charge in [-0.25, -0.2) is 0 Å². The Hall–Kier alpha value is -0.200. The Morgan fingerprint density at radius 1 is 1.31 bits per heavy atom. The molecule has 0 aromatic rings. The third kappa shape index (κ3) is 8.14. The van der Waals surface area contributed by atoms with E-state index in [0.717, 1.165) is 0 Å². The first-order valence-electron chi connectivity index (χ1n) is 4.37. The summed E-state index contributed by atoms with van der Waals surface area (Å²) in [5.41, 5.74) is 0. The van der Waals surface area contributed by atoms with Gasteiger partial charge < -0.3 is 25.4 Å². The first-order valence-corrected chi connectivity index (χ1v) is 4.37. The first kappa shape index (κ1) is 12.8. The summed E-state index contributed by atoms with van der Waals surface area (Å²) in [5, 5.41) is 29.5. The van der Waals surface area contributed by atoms with Gasteiger partial charge in [-0.3, -0.25) is 0 Å². The minimum Gasteiger partial charge on any atom is -0.394 e. The molecule has 2 unspecified atom stereocenters. The lowest BCUT2D eigenvalue weighted by atomic mass is 10.2. The van der Waals surface area contributed by atoms with E-state index in [0.29, 0.717) is 26.1 Å². The highest BCUT2D eigenvalue weighted by Gasteiger charge is 2.04. The number of aliphatic hydroxyl groups excluding tert-OH is 3. The van der Waals surface area contributed by atoms with Crippen LogP contribution in [-0.2, 0) is 4.74 Å². The summed E-state index contributed by atoms with van der Waals surface area (Å²) < 4.78 is 4.74. The van der Waals surface area contributed by atoms with Crippen molar-refractivity contribution in [1.29, 1.82) is 0 Å². The van der Waals surface area contributed by atoms with Crippen molar-refractivity contribution in [3.63, 3.8) is 0 Å². The molecule has 0 aliphatic carbocycles. The van der Waals surface area contributed by atoms with Gasteiger partial charge in [-0.1, -0.05) is 0 Å². The van der Waals surface area contributed by atoms with Gasteiger partial charge >= 0.3 is 0 Å². The van der Waals surface area contributed by atoms with Gasteiger partial charge in [0.1, 0.15) is 0 Å². The topological polar surface area (TPSA) is 82.0 Å². The Bertz CT molecular complexity index is 112. The quantitative estimate of drug-likeness (QED) is 0.346. The van der Waals surface area contributed by atoms with Gasteiger partial charge in [0.15, 0.2) is 0 Å². The Morgan fingerprint density at radius 2 is 2.00 bits per heavy atom. The molecule has 0 saturated carbocycles.